The van der Waals surface area contributed by atoms with Crippen molar-refractivity contribution in [1.82, 2.24) is 9.97 Å². The standard InChI is InChI=1S/C19H15F3N4O/c1-10-4-3-5-11(2)17(10)26-18(27)14-8-9-23-19(25-14)24-13-7-6-12(20)15(21)16(13)22/h3-9H,1-2H3,(H,26,27)(H,23,24,25). The Balaban J connectivity index is 1.83. The summed E-state index contributed by atoms with van der Waals surface area (Å²) in [7, 11) is 0. The van der Waals surface area contributed by atoms with Crippen LogP contribution in [0.4, 0.5) is 30.5 Å². The second-order valence-electron chi connectivity index (χ2n) is 5.83. The number of nitrogens with one attached hydrogen (secondary N) is 2. The van der Waals surface area contributed by atoms with E-state index >= 15 is 0 Å². The van der Waals surface area contributed by atoms with Crippen LogP contribution in [-0.4, -0.2) is 15.9 Å². The molecule has 0 saturated heterocycles. The number of aryl methyl sites for hydroxylation is 2. The summed E-state index contributed by atoms with van der Waals surface area (Å²) in [6.45, 7) is 3.73. The molecule has 0 aliphatic rings. The molecule has 0 bridgehead atoms. The van der Waals surface area contributed by atoms with Crippen molar-refractivity contribution in [2.24, 2.45) is 0 Å². The molecule has 0 unspecified atom stereocenters. The smallest absolute Gasteiger partial charge is 0.274 e. The van der Waals surface area contributed by atoms with E-state index in [9.17, 15) is 18.0 Å². The Kier molecular flexibility index (Phi) is 5.07. The zero-order valence-electron chi connectivity index (χ0n) is 14.5. The zero-order valence-corrected chi connectivity index (χ0v) is 14.5. The predicted octanol–water partition coefficient (Wildman–Crippen LogP) is 4.51. The molecule has 0 saturated carbocycles. The van der Waals surface area contributed by atoms with Crippen LogP contribution < -0.4 is 10.6 Å². The molecule has 138 valence electrons. The monoisotopic (exact) mass is 372 g/mol. The van der Waals surface area contributed by atoms with Gasteiger partial charge in [-0.1, -0.05) is 18.2 Å². The van der Waals surface area contributed by atoms with Gasteiger partial charge < -0.3 is 10.6 Å². The third-order valence-corrected chi connectivity index (χ3v) is 3.89. The summed E-state index contributed by atoms with van der Waals surface area (Å²) >= 11 is 0. The van der Waals surface area contributed by atoms with Gasteiger partial charge >= 0.3 is 0 Å². The normalized spacial score (nSPS) is 10.6. The number of aromatic nitrogens is 2. The van der Waals surface area contributed by atoms with Crippen molar-refractivity contribution in [1.29, 1.82) is 0 Å². The van der Waals surface area contributed by atoms with Gasteiger partial charge in [-0.2, -0.15) is 0 Å². The van der Waals surface area contributed by atoms with Crippen LogP contribution in [0.25, 0.3) is 0 Å². The number of nitrogens with zero attached hydrogens (tertiary/aromatic N) is 2. The lowest BCUT2D eigenvalue weighted by Crippen LogP contribution is -2.16. The number of amides is 1. The van der Waals surface area contributed by atoms with Crippen molar-refractivity contribution in [3.63, 3.8) is 0 Å². The second-order valence-corrected chi connectivity index (χ2v) is 5.83. The molecule has 1 aromatic heterocycles. The summed E-state index contributed by atoms with van der Waals surface area (Å²) in [5.74, 6) is -4.92. The Bertz CT molecular complexity index is 1000. The SMILES string of the molecule is Cc1cccc(C)c1NC(=O)c1ccnc(Nc2ccc(F)c(F)c2F)n1. The van der Waals surface area contributed by atoms with E-state index in [2.05, 4.69) is 20.6 Å². The highest BCUT2D eigenvalue weighted by atomic mass is 19.2. The van der Waals surface area contributed by atoms with E-state index in [-0.39, 0.29) is 17.3 Å². The highest BCUT2D eigenvalue weighted by Crippen LogP contribution is 2.23. The molecular weight excluding hydrogens is 357 g/mol. The van der Waals surface area contributed by atoms with Crippen molar-refractivity contribution in [2.75, 3.05) is 10.6 Å². The minimum atomic E-state index is -1.61. The zero-order chi connectivity index (χ0) is 19.6. The number of halogens is 3. The third kappa shape index (κ3) is 3.89. The molecule has 1 heterocycles. The van der Waals surface area contributed by atoms with Gasteiger partial charge in [0.05, 0.1) is 5.69 Å². The van der Waals surface area contributed by atoms with Crippen molar-refractivity contribution in [2.45, 2.75) is 13.8 Å². The minimum Gasteiger partial charge on any atom is -0.322 e. The minimum absolute atomic E-state index is 0.0261. The Morgan fingerprint density at radius 1 is 0.963 bits per heavy atom. The number of carbonyl (C=O) groups excluding carboxylic acids is 1. The predicted molar refractivity (Wildman–Crippen MR) is 95.5 cm³/mol. The molecule has 1 amide bonds. The van der Waals surface area contributed by atoms with Gasteiger partial charge in [0, 0.05) is 11.9 Å². The van der Waals surface area contributed by atoms with Crippen LogP contribution in [0.5, 0.6) is 0 Å². The number of hydrogen-bond acceptors (Lipinski definition) is 4. The molecule has 0 atom stereocenters. The summed E-state index contributed by atoms with van der Waals surface area (Å²) in [5.41, 5.74) is 2.13. The molecule has 2 N–H and O–H groups in total. The number of anilines is 3. The first kappa shape index (κ1) is 18.4. The summed E-state index contributed by atoms with van der Waals surface area (Å²) in [6, 6.07) is 8.78. The fraction of sp³-hybridized carbons (Fsp3) is 0.105. The number of carbonyl (C=O) groups is 1. The first-order valence-electron chi connectivity index (χ1n) is 7.98. The van der Waals surface area contributed by atoms with E-state index in [1.54, 1.807) is 0 Å². The summed E-state index contributed by atoms with van der Waals surface area (Å²) in [5, 5.41) is 5.21. The lowest BCUT2D eigenvalue weighted by molar-refractivity contribution is 0.102. The van der Waals surface area contributed by atoms with Crippen LogP contribution in [0.1, 0.15) is 21.6 Å². The van der Waals surface area contributed by atoms with E-state index in [0.717, 1.165) is 23.3 Å². The molecule has 0 fully saturated rings. The maximum atomic E-state index is 13.8. The van der Waals surface area contributed by atoms with Crippen molar-refractivity contribution in [3.05, 3.63) is 76.9 Å². The molecule has 3 rings (SSSR count). The first-order valence-corrected chi connectivity index (χ1v) is 7.98. The van der Waals surface area contributed by atoms with Gasteiger partial charge in [0.25, 0.3) is 5.91 Å². The van der Waals surface area contributed by atoms with Gasteiger partial charge in [0.15, 0.2) is 17.5 Å². The quantitative estimate of drug-likeness (QED) is 0.662. The van der Waals surface area contributed by atoms with E-state index in [1.807, 2.05) is 32.0 Å². The number of hydrogen-bond donors (Lipinski definition) is 2. The molecule has 0 aliphatic heterocycles. The first-order chi connectivity index (χ1) is 12.9. The number of benzene rings is 2. The Morgan fingerprint density at radius 3 is 2.37 bits per heavy atom. The van der Waals surface area contributed by atoms with Crippen molar-refractivity contribution < 1.29 is 18.0 Å². The molecule has 0 radical (unpaired) electrons. The number of para-hydroxylation sites is 1. The summed E-state index contributed by atoms with van der Waals surface area (Å²) in [6.07, 6.45) is 1.30. The molecule has 0 spiro atoms. The molecule has 8 heteroatoms. The van der Waals surface area contributed by atoms with Gasteiger partial charge in [-0.15, -0.1) is 0 Å². The van der Waals surface area contributed by atoms with E-state index < -0.39 is 23.4 Å². The average Bonchev–Trinajstić information content (AvgIpc) is 2.65. The van der Waals surface area contributed by atoms with Crippen LogP contribution >= 0.6 is 0 Å². The average molecular weight is 372 g/mol. The van der Waals surface area contributed by atoms with Gasteiger partial charge in [0.2, 0.25) is 5.95 Å². The molecular formula is C19H15F3N4O. The van der Waals surface area contributed by atoms with Gasteiger partial charge in [-0.3, -0.25) is 4.79 Å². The third-order valence-electron chi connectivity index (χ3n) is 3.89. The lowest BCUT2D eigenvalue weighted by Gasteiger charge is -2.12. The van der Waals surface area contributed by atoms with Crippen molar-refractivity contribution in [3.8, 4) is 0 Å². The maximum Gasteiger partial charge on any atom is 0.274 e. The fourth-order valence-corrected chi connectivity index (χ4v) is 2.48. The fourth-order valence-electron chi connectivity index (χ4n) is 2.48. The van der Waals surface area contributed by atoms with E-state index in [1.165, 1.54) is 12.3 Å². The van der Waals surface area contributed by atoms with Crippen LogP contribution in [0.3, 0.4) is 0 Å². The van der Waals surface area contributed by atoms with E-state index in [0.29, 0.717) is 5.69 Å². The molecule has 27 heavy (non-hydrogen) atoms. The largest absolute Gasteiger partial charge is 0.322 e. The van der Waals surface area contributed by atoms with Gasteiger partial charge in [-0.25, -0.2) is 23.1 Å². The maximum absolute atomic E-state index is 13.8. The highest BCUT2D eigenvalue weighted by molar-refractivity contribution is 6.03. The lowest BCUT2D eigenvalue weighted by atomic mass is 10.1. The second kappa shape index (κ2) is 7.45. The van der Waals surface area contributed by atoms with Crippen LogP contribution in [0.2, 0.25) is 0 Å². The van der Waals surface area contributed by atoms with Crippen molar-refractivity contribution >= 4 is 23.2 Å². The molecule has 3 aromatic rings. The van der Waals surface area contributed by atoms with Gasteiger partial charge in [0.1, 0.15) is 5.69 Å². The van der Waals surface area contributed by atoms with Gasteiger partial charge in [-0.05, 0) is 43.2 Å². The Morgan fingerprint density at radius 2 is 1.67 bits per heavy atom. The molecule has 5 nitrogen and oxygen atoms in total. The van der Waals surface area contributed by atoms with Crippen LogP contribution in [-0.2, 0) is 0 Å². The summed E-state index contributed by atoms with van der Waals surface area (Å²) in [4.78, 5) is 20.3. The Hall–Kier alpha value is -3.42. The van der Waals surface area contributed by atoms with Crippen LogP contribution in [0, 0.1) is 31.3 Å². The molecule has 0 aliphatic carbocycles. The van der Waals surface area contributed by atoms with E-state index in [4.69, 9.17) is 0 Å². The number of rotatable bonds is 4. The topological polar surface area (TPSA) is 66.9 Å². The Labute approximate surface area is 153 Å². The summed E-state index contributed by atoms with van der Waals surface area (Å²) < 4.78 is 40.1. The van der Waals surface area contributed by atoms with Crippen LogP contribution in [0.15, 0.2) is 42.6 Å². The highest BCUT2D eigenvalue weighted by Gasteiger charge is 2.16. The molecule has 2 aromatic carbocycles.